The lowest BCUT2D eigenvalue weighted by Crippen LogP contribution is -2.47. The number of benzene rings is 1. The van der Waals surface area contributed by atoms with Gasteiger partial charge in [-0.2, -0.15) is 0 Å². The first kappa shape index (κ1) is 18.1. The van der Waals surface area contributed by atoms with Crippen molar-refractivity contribution in [2.45, 2.75) is 26.1 Å². The van der Waals surface area contributed by atoms with E-state index in [2.05, 4.69) is 61.5 Å². The minimum absolute atomic E-state index is 0.348. The van der Waals surface area contributed by atoms with Gasteiger partial charge in [-0.15, -0.1) is 10.2 Å². The van der Waals surface area contributed by atoms with Crippen LogP contribution in [0.1, 0.15) is 25.5 Å². The van der Waals surface area contributed by atoms with Gasteiger partial charge in [-0.1, -0.05) is 29.5 Å². The van der Waals surface area contributed by atoms with Crippen molar-refractivity contribution in [3.05, 3.63) is 42.1 Å². The molecule has 0 saturated carbocycles. The summed E-state index contributed by atoms with van der Waals surface area (Å²) < 4.78 is 0. The van der Waals surface area contributed by atoms with E-state index in [1.54, 1.807) is 6.92 Å². The molecular formula is C19H24N6OS. The first-order valence-corrected chi connectivity index (χ1v) is 10.0. The summed E-state index contributed by atoms with van der Waals surface area (Å²) in [6.45, 7) is 7.71. The number of hydrogen-bond acceptors (Lipinski definition) is 8. The van der Waals surface area contributed by atoms with E-state index in [0.717, 1.165) is 36.8 Å². The quantitative estimate of drug-likeness (QED) is 0.655. The zero-order valence-electron chi connectivity index (χ0n) is 15.5. The molecule has 0 spiro atoms. The maximum Gasteiger partial charge on any atom is 0.210 e. The van der Waals surface area contributed by atoms with E-state index in [1.165, 1.54) is 22.3 Å². The van der Waals surface area contributed by atoms with Gasteiger partial charge >= 0.3 is 0 Å². The number of aliphatic hydroxyl groups is 1. The highest BCUT2D eigenvalue weighted by Crippen LogP contribution is 2.28. The summed E-state index contributed by atoms with van der Waals surface area (Å²) in [6.07, 6.45) is 1.22. The average molecular weight is 385 g/mol. The standard InChI is InChI=1S/C19H24N6OS/c1-13(16-6-5-15-4-3-7-20-17(15)12-16)24-8-10-25(11-9-24)19-23-22-18(27-19)21-14(2)26/h3-7,12-14,26H,8-11H2,1-2H3,(H,21,22). The second-order valence-corrected chi connectivity index (χ2v) is 7.82. The van der Waals surface area contributed by atoms with E-state index >= 15 is 0 Å². The fraction of sp³-hybridized carbons (Fsp3) is 0.421. The number of aliphatic hydroxyl groups excluding tert-OH is 1. The molecule has 0 bridgehead atoms. The molecule has 0 aliphatic carbocycles. The fourth-order valence-electron chi connectivity index (χ4n) is 3.43. The van der Waals surface area contributed by atoms with Gasteiger partial charge in [0.15, 0.2) is 0 Å². The zero-order chi connectivity index (χ0) is 18.8. The SMILES string of the molecule is CC(O)Nc1nnc(N2CCN(C(C)c3ccc4cccnc4c3)CC2)s1. The van der Waals surface area contributed by atoms with Crippen LogP contribution in [0.15, 0.2) is 36.5 Å². The molecule has 2 atom stereocenters. The number of hydrogen-bond donors (Lipinski definition) is 2. The van der Waals surface area contributed by atoms with Crippen LogP contribution in [0.3, 0.4) is 0 Å². The number of pyridine rings is 1. The number of rotatable bonds is 5. The van der Waals surface area contributed by atoms with E-state index in [-0.39, 0.29) is 0 Å². The lowest BCUT2D eigenvalue weighted by atomic mass is 10.0. The molecule has 1 fully saturated rings. The summed E-state index contributed by atoms with van der Waals surface area (Å²) in [4.78, 5) is 9.24. The van der Waals surface area contributed by atoms with Gasteiger partial charge in [0.05, 0.1) is 5.52 Å². The second kappa shape index (κ2) is 7.75. The number of fused-ring (bicyclic) bond motifs is 1. The topological polar surface area (TPSA) is 77.4 Å². The highest BCUT2D eigenvalue weighted by atomic mass is 32.1. The monoisotopic (exact) mass is 384 g/mol. The minimum atomic E-state index is -0.625. The lowest BCUT2D eigenvalue weighted by Gasteiger charge is -2.38. The van der Waals surface area contributed by atoms with Crippen LogP contribution in [0.2, 0.25) is 0 Å². The van der Waals surface area contributed by atoms with Crippen molar-refractivity contribution < 1.29 is 5.11 Å². The van der Waals surface area contributed by atoms with Gasteiger partial charge in [0.2, 0.25) is 10.3 Å². The molecular weight excluding hydrogens is 360 g/mol. The van der Waals surface area contributed by atoms with Crippen LogP contribution in [-0.4, -0.2) is 57.6 Å². The van der Waals surface area contributed by atoms with Crippen molar-refractivity contribution in [3.63, 3.8) is 0 Å². The Hall–Kier alpha value is -2.29. The molecule has 3 aromatic rings. The van der Waals surface area contributed by atoms with E-state index in [9.17, 15) is 5.11 Å². The summed E-state index contributed by atoms with van der Waals surface area (Å²) in [5.74, 6) is 0. The van der Waals surface area contributed by atoms with Crippen molar-refractivity contribution in [3.8, 4) is 0 Å². The summed E-state index contributed by atoms with van der Waals surface area (Å²) in [7, 11) is 0. The molecule has 8 heteroatoms. The number of piperazine rings is 1. The van der Waals surface area contributed by atoms with Crippen molar-refractivity contribution in [1.29, 1.82) is 0 Å². The Morgan fingerprint density at radius 3 is 2.70 bits per heavy atom. The van der Waals surface area contributed by atoms with Crippen LogP contribution in [0.25, 0.3) is 10.9 Å². The Balaban J connectivity index is 1.40. The lowest BCUT2D eigenvalue weighted by molar-refractivity contribution is 0.198. The van der Waals surface area contributed by atoms with Gasteiger partial charge in [0, 0.05) is 43.8 Å². The average Bonchev–Trinajstić information content (AvgIpc) is 3.15. The van der Waals surface area contributed by atoms with Gasteiger partial charge in [-0.3, -0.25) is 9.88 Å². The van der Waals surface area contributed by atoms with Gasteiger partial charge in [0.1, 0.15) is 6.23 Å². The summed E-state index contributed by atoms with van der Waals surface area (Å²) in [6, 6.07) is 11.0. The largest absolute Gasteiger partial charge is 0.374 e. The molecule has 2 unspecified atom stereocenters. The number of anilines is 2. The molecule has 4 rings (SSSR count). The van der Waals surface area contributed by atoms with Gasteiger partial charge in [0.25, 0.3) is 0 Å². The maximum absolute atomic E-state index is 9.40. The van der Waals surface area contributed by atoms with E-state index in [1.807, 2.05) is 12.3 Å². The Kier molecular flexibility index (Phi) is 5.20. The molecule has 1 saturated heterocycles. The first-order valence-electron chi connectivity index (χ1n) is 9.22. The third kappa shape index (κ3) is 4.02. The predicted molar refractivity (Wildman–Crippen MR) is 109 cm³/mol. The smallest absolute Gasteiger partial charge is 0.210 e. The predicted octanol–water partition coefficient (Wildman–Crippen LogP) is 2.72. The second-order valence-electron chi connectivity index (χ2n) is 6.86. The van der Waals surface area contributed by atoms with Crippen LogP contribution in [-0.2, 0) is 0 Å². The van der Waals surface area contributed by atoms with Crippen LogP contribution >= 0.6 is 11.3 Å². The normalized spacial score (nSPS) is 17.8. The number of nitrogens with one attached hydrogen (secondary N) is 1. The number of nitrogens with zero attached hydrogens (tertiary/aromatic N) is 5. The Labute approximate surface area is 162 Å². The third-order valence-electron chi connectivity index (χ3n) is 4.99. The molecule has 0 radical (unpaired) electrons. The molecule has 1 aliphatic heterocycles. The fourth-order valence-corrected chi connectivity index (χ4v) is 4.31. The third-order valence-corrected chi connectivity index (χ3v) is 5.91. The summed E-state index contributed by atoms with van der Waals surface area (Å²) in [5.41, 5.74) is 2.35. The van der Waals surface area contributed by atoms with Crippen molar-refractivity contribution in [2.75, 3.05) is 36.4 Å². The maximum atomic E-state index is 9.40. The summed E-state index contributed by atoms with van der Waals surface area (Å²) >= 11 is 1.48. The number of aromatic nitrogens is 3. The molecule has 0 amide bonds. The van der Waals surface area contributed by atoms with Gasteiger partial charge in [-0.05, 0) is 31.5 Å². The zero-order valence-corrected chi connectivity index (χ0v) is 16.4. The van der Waals surface area contributed by atoms with Crippen molar-refractivity contribution in [2.24, 2.45) is 0 Å². The summed E-state index contributed by atoms with van der Waals surface area (Å²) in [5, 5.41) is 23.4. The molecule has 2 N–H and O–H groups in total. The Morgan fingerprint density at radius 2 is 1.93 bits per heavy atom. The van der Waals surface area contributed by atoms with E-state index in [4.69, 9.17) is 0 Å². The molecule has 3 heterocycles. The van der Waals surface area contributed by atoms with Crippen molar-refractivity contribution >= 4 is 32.5 Å². The minimum Gasteiger partial charge on any atom is -0.374 e. The van der Waals surface area contributed by atoms with Gasteiger partial charge in [-0.25, -0.2) is 0 Å². The van der Waals surface area contributed by atoms with Crippen LogP contribution in [0.5, 0.6) is 0 Å². The molecule has 27 heavy (non-hydrogen) atoms. The first-order chi connectivity index (χ1) is 13.1. The van der Waals surface area contributed by atoms with Crippen LogP contribution in [0, 0.1) is 0 Å². The highest BCUT2D eigenvalue weighted by Gasteiger charge is 2.24. The molecule has 1 aliphatic rings. The van der Waals surface area contributed by atoms with Gasteiger partial charge < -0.3 is 15.3 Å². The molecule has 2 aromatic heterocycles. The van der Waals surface area contributed by atoms with Crippen LogP contribution in [0.4, 0.5) is 10.3 Å². The molecule has 1 aromatic carbocycles. The molecule has 7 nitrogen and oxygen atoms in total. The Bertz CT molecular complexity index is 906. The Morgan fingerprint density at radius 1 is 1.11 bits per heavy atom. The van der Waals surface area contributed by atoms with Crippen LogP contribution < -0.4 is 10.2 Å². The van der Waals surface area contributed by atoms with E-state index < -0.39 is 6.23 Å². The highest BCUT2D eigenvalue weighted by molar-refractivity contribution is 7.19. The van der Waals surface area contributed by atoms with E-state index in [0.29, 0.717) is 11.2 Å². The van der Waals surface area contributed by atoms with Crippen molar-refractivity contribution in [1.82, 2.24) is 20.1 Å². The molecule has 142 valence electrons.